The highest BCUT2D eigenvalue weighted by Crippen LogP contribution is 2.36. The van der Waals surface area contributed by atoms with Crippen molar-refractivity contribution in [1.82, 2.24) is 0 Å². The molecule has 2 aromatic rings. The SMILES string of the molecule is NC(=S)c1c(Br)cccc1OC1CCCc2ccccc21. The van der Waals surface area contributed by atoms with Crippen molar-refractivity contribution in [2.45, 2.75) is 25.4 Å². The van der Waals surface area contributed by atoms with E-state index in [0.29, 0.717) is 4.99 Å². The van der Waals surface area contributed by atoms with E-state index >= 15 is 0 Å². The van der Waals surface area contributed by atoms with E-state index < -0.39 is 0 Å². The Labute approximate surface area is 138 Å². The quantitative estimate of drug-likeness (QED) is 0.815. The van der Waals surface area contributed by atoms with Gasteiger partial charge in [0.1, 0.15) is 16.8 Å². The van der Waals surface area contributed by atoms with Gasteiger partial charge in [-0.1, -0.05) is 42.5 Å². The van der Waals surface area contributed by atoms with Gasteiger partial charge in [0, 0.05) is 4.47 Å². The molecule has 1 unspecified atom stereocenters. The van der Waals surface area contributed by atoms with Gasteiger partial charge in [0.2, 0.25) is 0 Å². The number of aryl methyl sites for hydroxylation is 1. The van der Waals surface area contributed by atoms with Crippen LogP contribution in [0.15, 0.2) is 46.9 Å². The summed E-state index contributed by atoms with van der Waals surface area (Å²) in [6.45, 7) is 0. The maximum Gasteiger partial charge on any atom is 0.131 e. The first-order valence-electron chi connectivity index (χ1n) is 6.99. The molecule has 0 amide bonds. The van der Waals surface area contributed by atoms with E-state index in [1.165, 1.54) is 11.1 Å². The van der Waals surface area contributed by atoms with Crippen molar-refractivity contribution < 1.29 is 4.74 Å². The molecule has 0 heterocycles. The fraction of sp³-hybridized carbons (Fsp3) is 0.235. The molecule has 0 radical (unpaired) electrons. The number of fused-ring (bicyclic) bond motifs is 1. The Morgan fingerprint density at radius 2 is 2.00 bits per heavy atom. The summed E-state index contributed by atoms with van der Waals surface area (Å²) >= 11 is 8.65. The summed E-state index contributed by atoms with van der Waals surface area (Å²) in [7, 11) is 0. The molecule has 1 aliphatic rings. The second kappa shape index (κ2) is 6.16. The third-order valence-electron chi connectivity index (χ3n) is 3.81. The van der Waals surface area contributed by atoms with Crippen LogP contribution < -0.4 is 10.5 Å². The summed E-state index contributed by atoms with van der Waals surface area (Å²) in [5.41, 5.74) is 9.26. The van der Waals surface area contributed by atoms with E-state index in [2.05, 4.69) is 40.2 Å². The number of ether oxygens (including phenoxy) is 1. The summed E-state index contributed by atoms with van der Waals surface area (Å²) < 4.78 is 7.13. The Balaban J connectivity index is 1.96. The van der Waals surface area contributed by atoms with Crippen LogP contribution in [-0.2, 0) is 6.42 Å². The van der Waals surface area contributed by atoms with Gasteiger partial charge in [-0.2, -0.15) is 0 Å². The molecule has 2 nitrogen and oxygen atoms in total. The lowest BCUT2D eigenvalue weighted by molar-refractivity contribution is 0.183. The van der Waals surface area contributed by atoms with Gasteiger partial charge in [0.15, 0.2) is 0 Å². The minimum atomic E-state index is 0.0670. The van der Waals surface area contributed by atoms with Gasteiger partial charge >= 0.3 is 0 Å². The highest BCUT2D eigenvalue weighted by molar-refractivity contribution is 9.10. The minimum absolute atomic E-state index is 0.0670. The molecule has 0 fully saturated rings. The van der Waals surface area contributed by atoms with E-state index in [1.54, 1.807) is 0 Å². The van der Waals surface area contributed by atoms with Crippen molar-refractivity contribution in [1.29, 1.82) is 0 Å². The van der Waals surface area contributed by atoms with E-state index in [9.17, 15) is 0 Å². The van der Waals surface area contributed by atoms with Gasteiger partial charge in [-0.25, -0.2) is 0 Å². The molecular weight excluding hydrogens is 346 g/mol. The first-order chi connectivity index (χ1) is 10.2. The number of hydrogen-bond donors (Lipinski definition) is 1. The van der Waals surface area contributed by atoms with Crippen molar-refractivity contribution in [2.75, 3.05) is 0 Å². The van der Waals surface area contributed by atoms with Crippen LogP contribution in [0, 0.1) is 0 Å². The standard InChI is InChI=1S/C17H16BrNOS/c18-13-8-4-10-15(16(13)17(19)21)20-14-9-3-6-11-5-1-2-7-12(11)14/h1-2,4-5,7-8,10,14H,3,6,9H2,(H2,19,21). The highest BCUT2D eigenvalue weighted by Gasteiger charge is 2.23. The monoisotopic (exact) mass is 361 g/mol. The van der Waals surface area contributed by atoms with Crippen LogP contribution in [0.5, 0.6) is 5.75 Å². The van der Waals surface area contributed by atoms with Crippen molar-refractivity contribution in [3.8, 4) is 5.75 Å². The Hall–Kier alpha value is -1.39. The van der Waals surface area contributed by atoms with Gasteiger partial charge in [0.05, 0.1) is 5.56 Å². The average molecular weight is 362 g/mol. The smallest absolute Gasteiger partial charge is 0.131 e. The van der Waals surface area contributed by atoms with E-state index in [1.807, 2.05) is 18.2 Å². The van der Waals surface area contributed by atoms with Crippen LogP contribution in [0.3, 0.4) is 0 Å². The molecule has 3 rings (SSSR count). The van der Waals surface area contributed by atoms with E-state index in [-0.39, 0.29) is 6.10 Å². The van der Waals surface area contributed by atoms with Gasteiger partial charge in [-0.05, 0) is 58.5 Å². The number of benzene rings is 2. The molecule has 108 valence electrons. The Bertz CT molecular complexity index is 686. The molecule has 0 spiro atoms. The summed E-state index contributed by atoms with van der Waals surface area (Å²) in [6.07, 6.45) is 3.34. The van der Waals surface area contributed by atoms with E-state index in [0.717, 1.165) is 35.0 Å². The summed E-state index contributed by atoms with van der Waals surface area (Å²) in [5.74, 6) is 0.749. The Morgan fingerprint density at radius 3 is 2.81 bits per heavy atom. The lowest BCUT2D eigenvalue weighted by Gasteiger charge is -2.27. The van der Waals surface area contributed by atoms with Crippen molar-refractivity contribution in [3.63, 3.8) is 0 Å². The number of nitrogens with two attached hydrogens (primary N) is 1. The summed E-state index contributed by atoms with van der Waals surface area (Å²) in [4.78, 5) is 0.349. The molecule has 2 N–H and O–H groups in total. The predicted molar refractivity (Wildman–Crippen MR) is 92.8 cm³/mol. The lowest BCUT2D eigenvalue weighted by atomic mass is 9.89. The van der Waals surface area contributed by atoms with Crippen LogP contribution in [0.25, 0.3) is 0 Å². The van der Waals surface area contributed by atoms with Crippen molar-refractivity contribution in [2.24, 2.45) is 5.73 Å². The Kier molecular flexibility index (Phi) is 4.27. The number of rotatable bonds is 3. The number of halogens is 1. The summed E-state index contributed by atoms with van der Waals surface area (Å²) in [5, 5.41) is 0. The summed E-state index contributed by atoms with van der Waals surface area (Å²) in [6, 6.07) is 14.3. The average Bonchev–Trinajstić information content (AvgIpc) is 2.47. The fourth-order valence-electron chi connectivity index (χ4n) is 2.83. The highest BCUT2D eigenvalue weighted by atomic mass is 79.9. The second-order valence-corrected chi connectivity index (χ2v) is 6.47. The Morgan fingerprint density at radius 1 is 1.19 bits per heavy atom. The molecule has 21 heavy (non-hydrogen) atoms. The van der Waals surface area contributed by atoms with Crippen molar-refractivity contribution in [3.05, 3.63) is 63.6 Å². The molecule has 2 aromatic carbocycles. The molecule has 0 bridgehead atoms. The van der Waals surface area contributed by atoms with Gasteiger partial charge in [-0.3, -0.25) is 0 Å². The topological polar surface area (TPSA) is 35.2 Å². The molecule has 1 atom stereocenters. The van der Waals surface area contributed by atoms with Gasteiger partial charge in [0.25, 0.3) is 0 Å². The molecule has 0 saturated carbocycles. The fourth-order valence-corrected chi connectivity index (χ4v) is 3.73. The molecule has 1 aliphatic carbocycles. The number of hydrogen-bond acceptors (Lipinski definition) is 2. The second-order valence-electron chi connectivity index (χ2n) is 5.17. The largest absolute Gasteiger partial charge is 0.485 e. The minimum Gasteiger partial charge on any atom is -0.485 e. The third-order valence-corrected chi connectivity index (χ3v) is 4.67. The van der Waals surface area contributed by atoms with Crippen LogP contribution in [0.4, 0.5) is 0 Å². The molecule has 4 heteroatoms. The van der Waals surface area contributed by atoms with Crippen LogP contribution >= 0.6 is 28.1 Å². The molecule has 0 aliphatic heterocycles. The van der Waals surface area contributed by atoms with Gasteiger partial charge < -0.3 is 10.5 Å². The third kappa shape index (κ3) is 2.97. The lowest BCUT2D eigenvalue weighted by Crippen LogP contribution is -2.18. The zero-order chi connectivity index (χ0) is 14.8. The zero-order valence-corrected chi connectivity index (χ0v) is 13.9. The first-order valence-corrected chi connectivity index (χ1v) is 8.19. The molecule has 0 saturated heterocycles. The molecular formula is C17H16BrNOS. The first kappa shape index (κ1) is 14.5. The number of thiocarbonyl (C=S) groups is 1. The zero-order valence-electron chi connectivity index (χ0n) is 11.5. The van der Waals surface area contributed by atoms with Gasteiger partial charge in [-0.15, -0.1) is 0 Å². The maximum atomic E-state index is 6.26. The van der Waals surface area contributed by atoms with Crippen LogP contribution in [0.1, 0.15) is 35.6 Å². The van der Waals surface area contributed by atoms with Crippen LogP contribution in [0.2, 0.25) is 0 Å². The normalized spacial score (nSPS) is 17.1. The van der Waals surface area contributed by atoms with Crippen molar-refractivity contribution >= 4 is 33.1 Å². The van der Waals surface area contributed by atoms with Crippen LogP contribution in [-0.4, -0.2) is 4.99 Å². The predicted octanol–water partition coefficient (Wildman–Crippen LogP) is 4.54. The molecule has 0 aromatic heterocycles. The maximum absolute atomic E-state index is 6.26. The van der Waals surface area contributed by atoms with E-state index in [4.69, 9.17) is 22.7 Å².